The van der Waals surface area contributed by atoms with Crippen molar-refractivity contribution in [3.8, 4) is 11.5 Å². The van der Waals surface area contributed by atoms with Crippen LogP contribution in [0, 0.1) is 0 Å². The van der Waals surface area contributed by atoms with Crippen molar-refractivity contribution in [1.29, 1.82) is 0 Å². The highest BCUT2D eigenvalue weighted by atomic mass is 16.5. The Labute approximate surface area is 125 Å². The van der Waals surface area contributed by atoms with Gasteiger partial charge in [0.2, 0.25) is 0 Å². The lowest BCUT2D eigenvalue weighted by atomic mass is 10.1. The van der Waals surface area contributed by atoms with E-state index < -0.39 is 0 Å². The molecule has 5 nitrogen and oxygen atoms in total. The van der Waals surface area contributed by atoms with Gasteiger partial charge >= 0.3 is 0 Å². The molecule has 2 rings (SSSR count). The van der Waals surface area contributed by atoms with Gasteiger partial charge < -0.3 is 19.4 Å². The average Bonchev–Trinajstić information content (AvgIpc) is 2.88. The zero-order valence-electron chi connectivity index (χ0n) is 13.1. The molecule has 0 amide bonds. The summed E-state index contributed by atoms with van der Waals surface area (Å²) < 4.78 is 13.2. The number of nitrogens with zero attached hydrogens (tertiary/aromatic N) is 2. The standard InChI is InChI=1S/C16H23N3O2/c1-12(2)18-8-13-7-15(20-4)5-6-16(13)21-10-14-9-17-11-19(14)3/h5-7,9,11-12,18H,8,10H2,1-4H3. The number of rotatable bonds is 7. The van der Waals surface area contributed by atoms with Gasteiger partial charge in [0, 0.05) is 25.2 Å². The number of imidazole rings is 1. The Morgan fingerprint density at radius 2 is 2.14 bits per heavy atom. The number of aryl methyl sites for hydroxylation is 1. The van der Waals surface area contributed by atoms with Crippen molar-refractivity contribution in [2.75, 3.05) is 7.11 Å². The molecule has 114 valence electrons. The van der Waals surface area contributed by atoms with E-state index in [1.54, 1.807) is 13.4 Å². The molecule has 0 aliphatic heterocycles. The first-order chi connectivity index (χ1) is 10.1. The summed E-state index contributed by atoms with van der Waals surface area (Å²) in [4.78, 5) is 4.09. The predicted octanol–water partition coefficient (Wildman–Crippen LogP) is 2.51. The molecule has 1 N–H and O–H groups in total. The minimum atomic E-state index is 0.418. The summed E-state index contributed by atoms with van der Waals surface area (Å²) in [5, 5.41) is 3.40. The molecule has 0 aliphatic carbocycles. The van der Waals surface area contributed by atoms with Gasteiger partial charge in [-0.2, -0.15) is 0 Å². The maximum absolute atomic E-state index is 5.94. The largest absolute Gasteiger partial charge is 0.497 e. The number of benzene rings is 1. The number of nitrogens with one attached hydrogen (secondary N) is 1. The lowest BCUT2D eigenvalue weighted by Crippen LogP contribution is -2.22. The van der Waals surface area contributed by atoms with Crippen LogP contribution in [-0.4, -0.2) is 22.7 Å². The quantitative estimate of drug-likeness (QED) is 0.851. The third-order valence-corrected chi connectivity index (χ3v) is 3.26. The Hall–Kier alpha value is -2.01. The van der Waals surface area contributed by atoms with E-state index in [4.69, 9.17) is 9.47 Å². The van der Waals surface area contributed by atoms with E-state index in [0.29, 0.717) is 12.6 Å². The zero-order chi connectivity index (χ0) is 15.2. The maximum Gasteiger partial charge on any atom is 0.130 e. The number of aromatic nitrogens is 2. The Kier molecular flexibility index (Phi) is 5.22. The Bertz CT molecular complexity index is 579. The lowest BCUT2D eigenvalue weighted by Gasteiger charge is -2.15. The summed E-state index contributed by atoms with van der Waals surface area (Å²) in [5.41, 5.74) is 2.12. The smallest absolute Gasteiger partial charge is 0.130 e. The van der Waals surface area contributed by atoms with E-state index in [0.717, 1.165) is 29.3 Å². The fraction of sp³-hybridized carbons (Fsp3) is 0.438. The first-order valence-electron chi connectivity index (χ1n) is 7.08. The molecular weight excluding hydrogens is 266 g/mol. The first kappa shape index (κ1) is 15.4. The summed E-state index contributed by atoms with van der Waals surface area (Å²) >= 11 is 0. The fourth-order valence-electron chi connectivity index (χ4n) is 1.95. The zero-order valence-corrected chi connectivity index (χ0v) is 13.1. The van der Waals surface area contributed by atoms with E-state index in [1.165, 1.54) is 0 Å². The van der Waals surface area contributed by atoms with Crippen LogP contribution >= 0.6 is 0 Å². The number of methoxy groups -OCH3 is 1. The van der Waals surface area contributed by atoms with Gasteiger partial charge in [0.15, 0.2) is 0 Å². The maximum atomic E-state index is 5.94. The SMILES string of the molecule is COc1ccc(OCc2cncn2C)c(CNC(C)C)c1. The van der Waals surface area contributed by atoms with Crippen molar-refractivity contribution < 1.29 is 9.47 Å². The molecule has 0 spiro atoms. The minimum Gasteiger partial charge on any atom is -0.497 e. The van der Waals surface area contributed by atoms with E-state index >= 15 is 0 Å². The van der Waals surface area contributed by atoms with Crippen LogP contribution in [0.2, 0.25) is 0 Å². The molecule has 2 aromatic rings. The van der Waals surface area contributed by atoms with Crippen LogP contribution in [-0.2, 0) is 20.2 Å². The molecule has 0 fully saturated rings. The Balaban J connectivity index is 2.11. The molecule has 1 heterocycles. The van der Waals surface area contributed by atoms with Crippen LogP contribution in [0.3, 0.4) is 0 Å². The molecular formula is C16H23N3O2. The topological polar surface area (TPSA) is 48.3 Å². The molecule has 0 unspecified atom stereocenters. The molecule has 0 atom stereocenters. The van der Waals surface area contributed by atoms with Crippen molar-refractivity contribution in [2.45, 2.75) is 33.0 Å². The number of ether oxygens (including phenoxy) is 2. The van der Waals surface area contributed by atoms with E-state index in [2.05, 4.69) is 24.1 Å². The average molecular weight is 289 g/mol. The molecule has 0 saturated carbocycles. The summed E-state index contributed by atoms with van der Waals surface area (Å²) in [7, 11) is 3.63. The van der Waals surface area contributed by atoms with Crippen LogP contribution in [0.25, 0.3) is 0 Å². The van der Waals surface area contributed by atoms with Crippen molar-refractivity contribution in [2.24, 2.45) is 7.05 Å². The van der Waals surface area contributed by atoms with E-state index in [-0.39, 0.29) is 0 Å². The van der Waals surface area contributed by atoms with Gasteiger partial charge in [0.05, 0.1) is 25.3 Å². The summed E-state index contributed by atoms with van der Waals surface area (Å²) in [6.07, 6.45) is 3.59. The highest BCUT2D eigenvalue weighted by molar-refractivity contribution is 5.40. The third-order valence-electron chi connectivity index (χ3n) is 3.26. The summed E-state index contributed by atoms with van der Waals surface area (Å²) in [6.45, 7) is 5.49. The second-order valence-electron chi connectivity index (χ2n) is 5.29. The Morgan fingerprint density at radius 3 is 2.76 bits per heavy atom. The molecule has 0 saturated heterocycles. The van der Waals surface area contributed by atoms with Crippen LogP contribution in [0.15, 0.2) is 30.7 Å². The highest BCUT2D eigenvalue weighted by Crippen LogP contribution is 2.25. The lowest BCUT2D eigenvalue weighted by molar-refractivity contribution is 0.292. The van der Waals surface area contributed by atoms with Crippen molar-refractivity contribution in [3.63, 3.8) is 0 Å². The summed E-state index contributed by atoms with van der Waals surface area (Å²) in [5.74, 6) is 1.70. The second kappa shape index (κ2) is 7.13. The molecule has 0 bridgehead atoms. The molecule has 0 aliphatic rings. The van der Waals surface area contributed by atoms with E-state index in [1.807, 2.05) is 36.0 Å². The van der Waals surface area contributed by atoms with Crippen LogP contribution in [0.1, 0.15) is 25.1 Å². The first-order valence-corrected chi connectivity index (χ1v) is 7.08. The van der Waals surface area contributed by atoms with Crippen molar-refractivity contribution in [1.82, 2.24) is 14.9 Å². The Morgan fingerprint density at radius 1 is 1.33 bits per heavy atom. The van der Waals surface area contributed by atoms with Crippen molar-refractivity contribution in [3.05, 3.63) is 42.0 Å². The second-order valence-corrected chi connectivity index (χ2v) is 5.29. The normalized spacial score (nSPS) is 10.9. The van der Waals surface area contributed by atoms with Crippen LogP contribution in [0.4, 0.5) is 0 Å². The van der Waals surface area contributed by atoms with Gasteiger partial charge in [-0.05, 0) is 18.2 Å². The van der Waals surface area contributed by atoms with Gasteiger partial charge in [-0.3, -0.25) is 0 Å². The van der Waals surface area contributed by atoms with Gasteiger partial charge in [-0.15, -0.1) is 0 Å². The molecule has 5 heteroatoms. The summed E-state index contributed by atoms with van der Waals surface area (Å²) in [6, 6.07) is 6.29. The number of hydrogen-bond donors (Lipinski definition) is 1. The molecule has 1 aromatic heterocycles. The molecule has 0 radical (unpaired) electrons. The van der Waals surface area contributed by atoms with Gasteiger partial charge in [0.1, 0.15) is 18.1 Å². The number of hydrogen-bond acceptors (Lipinski definition) is 4. The minimum absolute atomic E-state index is 0.418. The highest BCUT2D eigenvalue weighted by Gasteiger charge is 2.08. The van der Waals surface area contributed by atoms with E-state index in [9.17, 15) is 0 Å². The van der Waals surface area contributed by atoms with Gasteiger partial charge in [-0.1, -0.05) is 13.8 Å². The van der Waals surface area contributed by atoms with Crippen molar-refractivity contribution >= 4 is 0 Å². The fourth-order valence-corrected chi connectivity index (χ4v) is 1.95. The predicted molar refractivity (Wildman–Crippen MR) is 82.5 cm³/mol. The van der Waals surface area contributed by atoms with Gasteiger partial charge in [0.25, 0.3) is 0 Å². The monoisotopic (exact) mass is 289 g/mol. The van der Waals surface area contributed by atoms with Gasteiger partial charge in [-0.25, -0.2) is 4.98 Å². The molecule has 21 heavy (non-hydrogen) atoms. The van der Waals surface area contributed by atoms with Crippen LogP contribution in [0.5, 0.6) is 11.5 Å². The van der Waals surface area contributed by atoms with Crippen LogP contribution < -0.4 is 14.8 Å². The molecule has 1 aromatic carbocycles. The third kappa shape index (κ3) is 4.23.